The van der Waals surface area contributed by atoms with E-state index in [0.29, 0.717) is 12.0 Å². The highest BCUT2D eigenvalue weighted by Crippen LogP contribution is 2.11. The molecule has 2 amide bonds. The molecule has 0 atom stereocenters. The minimum absolute atomic E-state index is 0.116. The fourth-order valence-corrected chi connectivity index (χ4v) is 3.47. The van der Waals surface area contributed by atoms with Crippen LogP contribution in [0, 0.1) is 0 Å². The van der Waals surface area contributed by atoms with Crippen molar-refractivity contribution in [1.82, 2.24) is 15.2 Å². The van der Waals surface area contributed by atoms with E-state index >= 15 is 0 Å². The van der Waals surface area contributed by atoms with E-state index < -0.39 is 0 Å². The quantitative estimate of drug-likeness (QED) is 0.226. The lowest BCUT2D eigenvalue weighted by atomic mass is 10.2. The third-order valence-electron chi connectivity index (χ3n) is 5.51. The molecule has 1 saturated heterocycles. The summed E-state index contributed by atoms with van der Waals surface area (Å²) in [5, 5.41) is 2.63. The summed E-state index contributed by atoms with van der Waals surface area (Å²) < 4.78 is 0. The maximum absolute atomic E-state index is 11.7. The van der Waals surface area contributed by atoms with Crippen LogP contribution in [0.2, 0.25) is 0 Å². The molecule has 0 radical (unpaired) electrons. The number of hydrogen-bond donors (Lipinski definition) is 1. The van der Waals surface area contributed by atoms with Crippen LogP contribution in [0.15, 0.2) is 85.3 Å². The van der Waals surface area contributed by atoms with E-state index in [-0.39, 0.29) is 11.8 Å². The molecule has 36 heavy (non-hydrogen) atoms. The molecule has 196 valence electrons. The zero-order valence-corrected chi connectivity index (χ0v) is 22.3. The first-order valence-electron chi connectivity index (χ1n) is 13.3. The van der Waals surface area contributed by atoms with Crippen LogP contribution in [0.5, 0.6) is 0 Å². The average molecular weight is 492 g/mol. The molecular formula is C31H45N3O2. The number of allylic oxidation sites excluding steroid dienone is 10. The highest BCUT2D eigenvalue weighted by molar-refractivity contribution is 5.94. The number of likely N-dealkylation sites (tertiary alicyclic amines) is 1. The maximum atomic E-state index is 11.7. The number of unbranched alkanes of at least 4 members (excludes halogenated alkanes) is 1. The van der Waals surface area contributed by atoms with Crippen LogP contribution >= 0.6 is 0 Å². The number of aromatic nitrogens is 1. The highest BCUT2D eigenvalue weighted by Gasteiger charge is 2.18. The van der Waals surface area contributed by atoms with Crippen LogP contribution < -0.4 is 5.32 Å². The Morgan fingerprint density at radius 2 is 1.44 bits per heavy atom. The molecule has 0 bridgehead atoms. The van der Waals surface area contributed by atoms with Gasteiger partial charge in [-0.3, -0.25) is 14.6 Å². The highest BCUT2D eigenvalue weighted by atomic mass is 16.2. The topological polar surface area (TPSA) is 62.3 Å². The summed E-state index contributed by atoms with van der Waals surface area (Å²) in [6, 6.07) is 3.61. The van der Waals surface area contributed by atoms with Gasteiger partial charge in [0.15, 0.2) is 0 Å². The molecule has 1 aliphatic heterocycles. The molecule has 0 aliphatic carbocycles. The third kappa shape index (κ3) is 16.4. The minimum atomic E-state index is 0.116. The normalized spacial score (nSPS) is 13.9. The van der Waals surface area contributed by atoms with Gasteiger partial charge in [-0.2, -0.15) is 0 Å². The molecule has 0 aromatic carbocycles. The zero-order chi connectivity index (χ0) is 26.1. The number of rotatable bonds is 14. The number of pyridine rings is 1. The number of carbonyl (C=O) groups excluding carboxylic acids is 2. The smallest absolute Gasteiger partial charge is 0.255 e. The number of nitrogens with zero attached hydrogens (tertiary/aromatic N) is 2. The second-order valence-electron chi connectivity index (χ2n) is 8.51. The van der Waals surface area contributed by atoms with Gasteiger partial charge in [0.2, 0.25) is 5.91 Å². The number of carbonyl (C=O) groups is 2. The largest absolute Gasteiger partial charge is 0.359 e. The van der Waals surface area contributed by atoms with Gasteiger partial charge in [0.1, 0.15) is 0 Å². The van der Waals surface area contributed by atoms with Crippen molar-refractivity contribution < 1.29 is 9.59 Å². The Morgan fingerprint density at radius 3 is 1.94 bits per heavy atom. The summed E-state index contributed by atoms with van der Waals surface area (Å²) in [5.74, 6) is 0.239. The van der Waals surface area contributed by atoms with Crippen molar-refractivity contribution in [2.45, 2.75) is 71.1 Å². The summed E-state index contributed by atoms with van der Waals surface area (Å²) in [4.78, 5) is 28.6. The molecule has 1 aromatic rings. The third-order valence-corrected chi connectivity index (χ3v) is 5.51. The van der Waals surface area contributed by atoms with Crippen molar-refractivity contribution in [3.63, 3.8) is 0 Å². The van der Waals surface area contributed by atoms with Crippen molar-refractivity contribution in [1.29, 1.82) is 0 Å². The Balaban J connectivity index is 0.000000414. The van der Waals surface area contributed by atoms with E-state index in [9.17, 15) is 9.59 Å². The van der Waals surface area contributed by atoms with Crippen molar-refractivity contribution in [3.05, 3.63) is 90.9 Å². The summed E-state index contributed by atoms with van der Waals surface area (Å²) >= 11 is 0. The van der Waals surface area contributed by atoms with Gasteiger partial charge in [0.25, 0.3) is 5.91 Å². The lowest BCUT2D eigenvalue weighted by Gasteiger charge is -2.14. The lowest BCUT2D eigenvalue weighted by Crippen LogP contribution is -2.27. The standard InChI is InChI=1S/C21H33NO.C10H12N2O/c1-3-4-5-6-7-8-9-10-11-12-13-14-15-16-17-18-19-20-21(23)22-2;13-10(12-6-1-2-7-12)9-4-3-5-11-8-9/h4-5,7-8,10-11,13-14,16-17H,3,6,9,12,15,18-20H2,1-2H3,(H,22,23);3-5,8H,1-2,6-7H2/b5-4-,8-7-,11-10-,14-13-,17-16-;. The molecule has 0 saturated carbocycles. The number of nitrogens with one attached hydrogen (secondary N) is 1. The van der Waals surface area contributed by atoms with E-state index in [0.717, 1.165) is 70.9 Å². The van der Waals surface area contributed by atoms with Crippen LogP contribution in [-0.4, -0.2) is 41.8 Å². The van der Waals surface area contributed by atoms with Crippen molar-refractivity contribution in [3.8, 4) is 0 Å². The summed E-state index contributed by atoms with van der Waals surface area (Å²) in [6.07, 6.45) is 35.1. The fraction of sp³-hybridized carbons (Fsp3) is 0.452. The SMILES string of the molecule is CC/C=C\C/C=C\C/C=C\C/C=C\C/C=C\CCCC(=O)NC.O=C(c1cccnc1)N1CCCC1. The molecule has 2 heterocycles. The van der Waals surface area contributed by atoms with Crippen molar-refractivity contribution in [2.24, 2.45) is 0 Å². The Morgan fingerprint density at radius 1 is 0.889 bits per heavy atom. The molecule has 2 rings (SSSR count). The van der Waals surface area contributed by atoms with Gasteiger partial charge >= 0.3 is 0 Å². The molecule has 1 fully saturated rings. The summed E-state index contributed by atoms with van der Waals surface area (Å²) in [6.45, 7) is 3.95. The van der Waals surface area contributed by atoms with Crippen LogP contribution in [0.25, 0.3) is 0 Å². The average Bonchev–Trinajstić information content (AvgIpc) is 3.46. The number of amides is 2. The first-order valence-corrected chi connectivity index (χ1v) is 13.3. The molecule has 1 N–H and O–H groups in total. The number of hydrogen-bond acceptors (Lipinski definition) is 3. The van der Waals surface area contributed by atoms with Gasteiger partial charge < -0.3 is 10.2 Å². The van der Waals surface area contributed by atoms with Crippen LogP contribution in [0.3, 0.4) is 0 Å². The van der Waals surface area contributed by atoms with Gasteiger partial charge in [-0.1, -0.05) is 67.7 Å². The zero-order valence-electron chi connectivity index (χ0n) is 22.3. The van der Waals surface area contributed by atoms with E-state index in [1.165, 1.54) is 0 Å². The molecule has 1 aromatic heterocycles. The van der Waals surface area contributed by atoms with Gasteiger partial charge in [-0.15, -0.1) is 0 Å². The molecular weight excluding hydrogens is 446 g/mol. The lowest BCUT2D eigenvalue weighted by molar-refractivity contribution is -0.120. The van der Waals surface area contributed by atoms with Crippen molar-refractivity contribution >= 4 is 11.8 Å². The fourth-order valence-electron chi connectivity index (χ4n) is 3.47. The van der Waals surface area contributed by atoms with E-state index in [1.807, 2.05) is 11.0 Å². The van der Waals surface area contributed by atoms with E-state index in [2.05, 4.69) is 78.0 Å². The van der Waals surface area contributed by atoms with Gasteiger partial charge in [-0.25, -0.2) is 0 Å². The van der Waals surface area contributed by atoms with E-state index in [4.69, 9.17) is 0 Å². The van der Waals surface area contributed by atoms with Crippen LogP contribution in [0.4, 0.5) is 0 Å². The Hall–Kier alpha value is -3.21. The summed E-state index contributed by atoms with van der Waals surface area (Å²) in [5.41, 5.74) is 0.699. The monoisotopic (exact) mass is 491 g/mol. The van der Waals surface area contributed by atoms with Crippen molar-refractivity contribution in [2.75, 3.05) is 20.1 Å². The Bertz CT molecular complexity index is 848. The predicted octanol–water partition coefficient (Wildman–Crippen LogP) is 6.97. The second-order valence-corrected chi connectivity index (χ2v) is 8.51. The van der Waals surface area contributed by atoms with Crippen LogP contribution in [0.1, 0.15) is 81.5 Å². The van der Waals surface area contributed by atoms with Gasteiger partial charge in [-0.05, 0) is 69.9 Å². The van der Waals surface area contributed by atoms with E-state index in [1.54, 1.807) is 25.5 Å². The molecule has 5 heteroatoms. The predicted molar refractivity (Wildman–Crippen MR) is 152 cm³/mol. The first-order chi connectivity index (χ1) is 17.7. The van der Waals surface area contributed by atoms with Crippen LogP contribution in [-0.2, 0) is 4.79 Å². The first kappa shape index (κ1) is 30.8. The molecule has 1 aliphatic rings. The molecule has 5 nitrogen and oxygen atoms in total. The Kier molecular flexibility index (Phi) is 19.1. The van der Waals surface area contributed by atoms with Gasteiger partial charge in [0.05, 0.1) is 5.56 Å². The molecule has 0 unspecified atom stereocenters. The second kappa shape index (κ2) is 22.3. The molecule has 0 spiro atoms. The maximum Gasteiger partial charge on any atom is 0.255 e. The summed E-state index contributed by atoms with van der Waals surface area (Å²) in [7, 11) is 1.68. The Labute approximate surface area is 218 Å². The minimum Gasteiger partial charge on any atom is -0.359 e. The van der Waals surface area contributed by atoms with Gasteiger partial charge in [0, 0.05) is 39.0 Å².